The molecule has 0 aromatic heterocycles. The standard InChI is InChI=1S/C16H14BrFO2/c1-10-3-4-15(11(2)19)16(5-10)20-9-12-6-13(17)8-14(18)7-12/h3-8H,9H2,1-2H3. The molecule has 0 amide bonds. The highest BCUT2D eigenvalue weighted by atomic mass is 79.9. The van der Waals surface area contributed by atoms with Crippen LogP contribution in [0.5, 0.6) is 5.75 Å². The van der Waals surface area contributed by atoms with Gasteiger partial charge >= 0.3 is 0 Å². The number of hydrogen-bond acceptors (Lipinski definition) is 2. The summed E-state index contributed by atoms with van der Waals surface area (Å²) >= 11 is 3.24. The predicted molar refractivity (Wildman–Crippen MR) is 79.6 cm³/mol. The maximum absolute atomic E-state index is 13.3. The largest absolute Gasteiger partial charge is 0.488 e. The van der Waals surface area contributed by atoms with E-state index in [0.29, 0.717) is 21.3 Å². The monoisotopic (exact) mass is 336 g/mol. The number of aryl methyl sites for hydroxylation is 1. The highest BCUT2D eigenvalue weighted by molar-refractivity contribution is 9.10. The van der Waals surface area contributed by atoms with Crippen LogP contribution in [0.1, 0.15) is 28.4 Å². The normalized spacial score (nSPS) is 10.4. The molecule has 0 fully saturated rings. The molecule has 20 heavy (non-hydrogen) atoms. The van der Waals surface area contributed by atoms with E-state index in [1.54, 1.807) is 12.1 Å². The lowest BCUT2D eigenvalue weighted by atomic mass is 10.1. The molecular formula is C16H14BrFO2. The van der Waals surface area contributed by atoms with E-state index in [1.165, 1.54) is 19.1 Å². The number of hydrogen-bond donors (Lipinski definition) is 0. The summed E-state index contributed by atoms with van der Waals surface area (Å²) in [6, 6.07) is 10.00. The van der Waals surface area contributed by atoms with Gasteiger partial charge in [-0.3, -0.25) is 4.79 Å². The Hall–Kier alpha value is -1.68. The zero-order chi connectivity index (χ0) is 14.7. The fraction of sp³-hybridized carbons (Fsp3) is 0.188. The molecule has 104 valence electrons. The maximum Gasteiger partial charge on any atom is 0.163 e. The van der Waals surface area contributed by atoms with Crippen molar-refractivity contribution in [3.63, 3.8) is 0 Å². The zero-order valence-corrected chi connectivity index (χ0v) is 12.8. The molecule has 0 bridgehead atoms. The molecule has 0 radical (unpaired) electrons. The molecule has 0 aliphatic carbocycles. The van der Waals surface area contributed by atoms with Crippen molar-refractivity contribution in [2.24, 2.45) is 0 Å². The van der Waals surface area contributed by atoms with Crippen LogP contribution in [-0.4, -0.2) is 5.78 Å². The number of Topliss-reactive ketones (excluding diaryl/α,β-unsaturated/α-hetero) is 1. The van der Waals surface area contributed by atoms with Gasteiger partial charge in [0.1, 0.15) is 18.2 Å². The lowest BCUT2D eigenvalue weighted by Gasteiger charge is -2.11. The van der Waals surface area contributed by atoms with Gasteiger partial charge in [-0.15, -0.1) is 0 Å². The zero-order valence-electron chi connectivity index (χ0n) is 11.2. The topological polar surface area (TPSA) is 26.3 Å². The van der Waals surface area contributed by atoms with Gasteiger partial charge in [0.25, 0.3) is 0 Å². The number of ketones is 1. The van der Waals surface area contributed by atoms with Gasteiger partial charge in [-0.25, -0.2) is 4.39 Å². The molecule has 0 atom stereocenters. The van der Waals surface area contributed by atoms with E-state index in [1.807, 2.05) is 19.1 Å². The van der Waals surface area contributed by atoms with E-state index in [-0.39, 0.29) is 18.2 Å². The number of carbonyl (C=O) groups excluding carboxylic acids is 1. The Kier molecular flexibility index (Phi) is 4.55. The summed E-state index contributed by atoms with van der Waals surface area (Å²) in [5.41, 5.74) is 2.24. The fourth-order valence-corrected chi connectivity index (χ4v) is 2.41. The Balaban J connectivity index is 2.22. The molecule has 0 unspecified atom stereocenters. The lowest BCUT2D eigenvalue weighted by Crippen LogP contribution is -2.02. The van der Waals surface area contributed by atoms with Crippen molar-refractivity contribution in [1.29, 1.82) is 0 Å². The van der Waals surface area contributed by atoms with Crippen LogP contribution in [-0.2, 0) is 6.61 Å². The van der Waals surface area contributed by atoms with Crippen LogP contribution >= 0.6 is 15.9 Å². The van der Waals surface area contributed by atoms with E-state index in [4.69, 9.17) is 4.74 Å². The Morgan fingerprint density at radius 3 is 2.65 bits per heavy atom. The van der Waals surface area contributed by atoms with Crippen molar-refractivity contribution in [3.8, 4) is 5.75 Å². The molecule has 0 aliphatic rings. The van der Waals surface area contributed by atoms with Crippen molar-refractivity contribution < 1.29 is 13.9 Å². The Bertz CT molecular complexity index is 633. The van der Waals surface area contributed by atoms with E-state index in [9.17, 15) is 9.18 Å². The van der Waals surface area contributed by atoms with E-state index in [2.05, 4.69) is 15.9 Å². The second-order valence-corrected chi connectivity index (χ2v) is 5.54. The van der Waals surface area contributed by atoms with E-state index < -0.39 is 0 Å². The number of carbonyl (C=O) groups is 1. The van der Waals surface area contributed by atoms with Crippen molar-refractivity contribution >= 4 is 21.7 Å². The van der Waals surface area contributed by atoms with Crippen LogP contribution in [0.25, 0.3) is 0 Å². The first-order valence-electron chi connectivity index (χ1n) is 6.15. The molecule has 2 rings (SSSR count). The van der Waals surface area contributed by atoms with Crippen LogP contribution in [0.4, 0.5) is 4.39 Å². The van der Waals surface area contributed by atoms with Gasteiger partial charge < -0.3 is 4.74 Å². The second-order valence-electron chi connectivity index (χ2n) is 4.62. The summed E-state index contributed by atoms with van der Waals surface area (Å²) in [5.74, 6) is 0.146. The second kappa shape index (κ2) is 6.18. The molecular weight excluding hydrogens is 323 g/mol. The highest BCUT2D eigenvalue weighted by Crippen LogP contribution is 2.23. The van der Waals surface area contributed by atoms with Crippen LogP contribution in [0.3, 0.4) is 0 Å². The summed E-state index contributed by atoms with van der Waals surface area (Å²) < 4.78 is 19.6. The van der Waals surface area contributed by atoms with Crippen molar-refractivity contribution in [3.05, 3.63) is 63.4 Å². The lowest BCUT2D eigenvalue weighted by molar-refractivity contribution is 0.101. The summed E-state index contributed by atoms with van der Waals surface area (Å²) in [4.78, 5) is 11.5. The van der Waals surface area contributed by atoms with Crippen LogP contribution < -0.4 is 4.74 Å². The smallest absolute Gasteiger partial charge is 0.163 e. The average molecular weight is 337 g/mol. The van der Waals surface area contributed by atoms with E-state index >= 15 is 0 Å². The quantitative estimate of drug-likeness (QED) is 0.758. The van der Waals surface area contributed by atoms with Gasteiger partial charge in [-0.05, 0) is 55.3 Å². The van der Waals surface area contributed by atoms with Crippen molar-refractivity contribution in [1.82, 2.24) is 0 Å². The first kappa shape index (κ1) is 14.7. The van der Waals surface area contributed by atoms with Crippen LogP contribution in [0.2, 0.25) is 0 Å². The van der Waals surface area contributed by atoms with Crippen molar-refractivity contribution in [2.45, 2.75) is 20.5 Å². The molecule has 2 nitrogen and oxygen atoms in total. The first-order chi connectivity index (χ1) is 9.45. The van der Waals surface area contributed by atoms with Crippen LogP contribution in [0.15, 0.2) is 40.9 Å². The number of benzene rings is 2. The third-order valence-electron chi connectivity index (χ3n) is 2.83. The number of halogens is 2. The number of rotatable bonds is 4. The molecule has 0 heterocycles. The van der Waals surface area contributed by atoms with Gasteiger partial charge in [0.15, 0.2) is 5.78 Å². The van der Waals surface area contributed by atoms with Gasteiger partial charge in [-0.1, -0.05) is 22.0 Å². The molecule has 0 N–H and O–H groups in total. The Labute approximate surface area is 125 Å². The SMILES string of the molecule is CC(=O)c1ccc(C)cc1OCc1cc(F)cc(Br)c1. The van der Waals surface area contributed by atoms with Gasteiger partial charge in [0.2, 0.25) is 0 Å². The Morgan fingerprint density at radius 1 is 1.25 bits per heavy atom. The Morgan fingerprint density at radius 2 is 2.00 bits per heavy atom. The molecule has 0 saturated carbocycles. The van der Waals surface area contributed by atoms with Crippen molar-refractivity contribution in [2.75, 3.05) is 0 Å². The molecule has 2 aromatic carbocycles. The molecule has 0 spiro atoms. The highest BCUT2D eigenvalue weighted by Gasteiger charge is 2.09. The number of ether oxygens (including phenoxy) is 1. The third kappa shape index (κ3) is 3.67. The van der Waals surface area contributed by atoms with Crippen LogP contribution in [0, 0.1) is 12.7 Å². The fourth-order valence-electron chi connectivity index (χ4n) is 1.90. The summed E-state index contributed by atoms with van der Waals surface area (Å²) in [5, 5.41) is 0. The predicted octanol–water partition coefficient (Wildman–Crippen LogP) is 4.68. The minimum atomic E-state index is -0.325. The van der Waals surface area contributed by atoms with Gasteiger partial charge in [-0.2, -0.15) is 0 Å². The van der Waals surface area contributed by atoms with E-state index in [0.717, 1.165) is 5.56 Å². The summed E-state index contributed by atoms with van der Waals surface area (Å²) in [7, 11) is 0. The third-order valence-corrected chi connectivity index (χ3v) is 3.29. The maximum atomic E-state index is 13.3. The summed E-state index contributed by atoms with van der Waals surface area (Å²) in [6.45, 7) is 3.63. The minimum Gasteiger partial charge on any atom is -0.488 e. The molecule has 0 saturated heterocycles. The molecule has 4 heteroatoms. The average Bonchev–Trinajstić information content (AvgIpc) is 2.35. The first-order valence-corrected chi connectivity index (χ1v) is 6.94. The molecule has 2 aromatic rings. The molecule has 0 aliphatic heterocycles. The van der Waals surface area contributed by atoms with Gasteiger partial charge in [0, 0.05) is 4.47 Å². The minimum absolute atomic E-state index is 0.0552. The summed E-state index contributed by atoms with van der Waals surface area (Å²) in [6.07, 6.45) is 0. The van der Waals surface area contributed by atoms with Gasteiger partial charge in [0.05, 0.1) is 5.56 Å².